The number of ether oxygens (including phenoxy) is 1. The maximum absolute atomic E-state index is 9.85. The van der Waals surface area contributed by atoms with Crippen LogP contribution in [0.15, 0.2) is 47.6 Å². The number of nitrogens with zero attached hydrogens (tertiary/aromatic N) is 5. The first kappa shape index (κ1) is 18.7. The summed E-state index contributed by atoms with van der Waals surface area (Å²) in [7, 11) is 1.50. The maximum Gasteiger partial charge on any atom is 0.265 e. The number of aromatic hydroxyl groups is 1. The topological polar surface area (TPSA) is 97.5 Å². The van der Waals surface area contributed by atoms with Gasteiger partial charge in [0.05, 0.1) is 18.8 Å². The molecule has 0 aliphatic heterocycles. The van der Waals surface area contributed by atoms with Crippen molar-refractivity contribution in [1.29, 1.82) is 0 Å². The number of methoxy groups -OCH3 is 1. The standard InChI is InChI=1S/C21H22N6O2/c1-3-4-11-27-16-8-6-5-7-15(16)19-20(27)23-21(26-24-19)25-22-13-14-9-10-18(29-2)17(28)12-14/h5-10,12-13,28H,3-4,11H2,1-2H3,(H,23,25,26)/b22-13+. The Morgan fingerprint density at radius 1 is 1.21 bits per heavy atom. The van der Waals surface area contributed by atoms with Crippen LogP contribution in [-0.4, -0.2) is 38.2 Å². The summed E-state index contributed by atoms with van der Waals surface area (Å²) < 4.78 is 7.22. The van der Waals surface area contributed by atoms with Gasteiger partial charge in [-0.05, 0) is 36.2 Å². The molecule has 8 heteroatoms. The van der Waals surface area contributed by atoms with Crippen LogP contribution >= 0.6 is 0 Å². The molecule has 0 fully saturated rings. The van der Waals surface area contributed by atoms with Crippen molar-refractivity contribution in [3.8, 4) is 11.5 Å². The van der Waals surface area contributed by atoms with E-state index in [0.717, 1.165) is 41.5 Å². The number of para-hydroxylation sites is 1. The highest BCUT2D eigenvalue weighted by molar-refractivity contribution is 6.04. The Bertz CT molecular complexity index is 1180. The molecule has 0 aliphatic rings. The zero-order chi connectivity index (χ0) is 20.2. The van der Waals surface area contributed by atoms with Crippen molar-refractivity contribution in [3.63, 3.8) is 0 Å². The predicted octanol–water partition coefficient (Wildman–Crippen LogP) is 3.94. The van der Waals surface area contributed by atoms with Crippen molar-refractivity contribution in [2.45, 2.75) is 26.3 Å². The molecule has 2 aromatic heterocycles. The van der Waals surface area contributed by atoms with Gasteiger partial charge < -0.3 is 14.4 Å². The quantitative estimate of drug-likeness (QED) is 0.366. The molecule has 148 valence electrons. The molecule has 8 nitrogen and oxygen atoms in total. The molecule has 0 saturated carbocycles. The fourth-order valence-electron chi connectivity index (χ4n) is 3.25. The average Bonchev–Trinajstić information content (AvgIpc) is 3.05. The number of benzene rings is 2. The lowest BCUT2D eigenvalue weighted by molar-refractivity contribution is 0.373. The Balaban J connectivity index is 1.63. The number of phenols is 1. The normalized spacial score (nSPS) is 11.5. The Hall–Kier alpha value is -3.68. The maximum atomic E-state index is 9.85. The number of unbranched alkanes of at least 4 members (excludes halogenated alkanes) is 1. The lowest BCUT2D eigenvalue weighted by Crippen LogP contribution is -2.03. The third-order valence-electron chi connectivity index (χ3n) is 4.69. The van der Waals surface area contributed by atoms with Gasteiger partial charge in [0, 0.05) is 11.9 Å². The molecule has 0 amide bonds. The third kappa shape index (κ3) is 3.69. The van der Waals surface area contributed by atoms with Gasteiger partial charge in [-0.1, -0.05) is 31.5 Å². The van der Waals surface area contributed by atoms with E-state index in [-0.39, 0.29) is 5.75 Å². The van der Waals surface area contributed by atoms with Crippen molar-refractivity contribution in [1.82, 2.24) is 19.7 Å². The van der Waals surface area contributed by atoms with Gasteiger partial charge in [0.2, 0.25) is 0 Å². The van der Waals surface area contributed by atoms with Crippen LogP contribution in [0.25, 0.3) is 22.1 Å². The van der Waals surface area contributed by atoms with Crippen LogP contribution in [0.2, 0.25) is 0 Å². The summed E-state index contributed by atoms with van der Waals surface area (Å²) in [6, 6.07) is 13.2. The van der Waals surface area contributed by atoms with E-state index < -0.39 is 0 Å². The highest BCUT2D eigenvalue weighted by Crippen LogP contribution is 2.27. The van der Waals surface area contributed by atoms with Crippen LogP contribution in [0.5, 0.6) is 11.5 Å². The highest BCUT2D eigenvalue weighted by Gasteiger charge is 2.14. The molecule has 0 saturated heterocycles. The third-order valence-corrected chi connectivity index (χ3v) is 4.69. The zero-order valence-electron chi connectivity index (χ0n) is 16.3. The summed E-state index contributed by atoms with van der Waals surface area (Å²) in [6.07, 6.45) is 3.72. The molecular formula is C21H22N6O2. The van der Waals surface area contributed by atoms with E-state index >= 15 is 0 Å². The summed E-state index contributed by atoms with van der Waals surface area (Å²) in [6.45, 7) is 3.03. The first-order valence-corrected chi connectivity index (χ1v) is 9.49. The molecule has 2 heterocycles. The van der Waals surface area contributed by atoms with E-state index in [1.54, 1.807) is 24.4 Å². The Kier molecular flexibility index (Phi) is 5.24. The smallest absolute Gasteiger partial charge is 0.265 e. The van der Waals surface area contributed by atoms with Crippen molar-refractivity contribution in [3.05, 3.63) is 48.0 Å². The summed E-state index contributed by atoms with van der Waals surface area (Å²) in [5.74, 6) is 0.774. The van der Waals surface area contributed by atoms with Crippen LogP contribution in [0, 0.1) is 0 Å². The first-order valence-electron chi connectivity index (χ1n) is 9.49. The fourth-order valence-corrected chi connectivity index (χ4v) is 3.25. The molecule has 2 N–H and O–H groups in total. The number of fused-ring (bicyclic) bond motifs is 3. The van der Waals surface area contributed by atoms with Crippen LogP contribution in [0.4, 0.5) is 5.95 Å². The van der Waals surface area contributed by atoms with Crippen molar-refractivity contribution in [2.75, 3.05) is 12.5 Å². The molecular weight excluding hydrogens is 368 g/mol. The number of phenolic OH excluding ortho intramolecular Hbond substituents is 1. The number of nitrogens with one attached hydrogen (secondary N) is 1. The summed E-state index contributed by atoms with van der Waals surface area (Å²) in [4.78, 5) is 4.64. The molecule has 0 bridgehead atoms. The zero-order valence-corrected chi connectivity index (χ0v) is 16.3. The van der Waals surface area contributed by atoms with Gasteiger partial charge in [0.15, 0.2) is 17.1 Å². The van der Waals surface area contributed by atoms with Crippen LogP contribution < -0.4 is 10.2 Å². The highest BCUT2D eigenvalue weighted by atomic mass is 16.5. The Morgan fingerprint density at radius 2 is 2.07 bits per heavy atom. The molecule has 0 unspecified atom stereocenters. The van der Waals surface area contributed by atoms with Crippen molar-refractivity contribution >= 4 is 34.2 Å². The minimum absolute atomic E-state index is 0.0521. The number of hydrazone groups is 1. The van der Waals surface area contributed by atoms with Crippen molar-refractivity contribution in [2.24, 2.45) is 5.10 Å². The van der Waals surface area contributed by atoms with Gasteiger partial charge in [0.25, 0.3) is 5.95 Å². The molecule has 4 aromatic rings. The number of aromatic nitrogens is 4. The van der Waals surface area contributed by atoms with E-state index in [1.807, 2.05) is 18.2 Å². The monoisotopic (exact) mass is 390 g/mol. The Morgan fingerprint density at radius 3 is 2.86 bits per heavy atom. The van der Waals surface area contributed by atoms with Gasteiger partial charge in [-0.15, -0.1) is 10.2 Å². The van der Waals surface area contributed by atoms with Gasteiger partial charge >= 0.3 is 0 Å². The van der Waals surface area contributed by atoms with E-state index in [1.165, 1.54) is 7.11 Å². The fraction of sp³-hybridized carbons (Fsp3) is 0.238. The van der Waals surface area contributed by atoms with E-state index in [2.05, 4.69) is 43.3 Å². The SMILES string of the molecule is CCCCn1c2ccccc2c2nnc(N/N=C/c3ccc(OC)c(O)c3)nc21. The lowest BCUT2D eigenvalue weighted by atomic mass is 10.2. The minimum atomic E-state index is 0.0521. The van der Waals surface area contributed by atoms with Gasteiger partial charge in [-0.25, -0.2) is 5.43 Å². The molecule has 0 radical (unpaired) electrons. The van der Waals surface area contributed by atoms with Crippen LogP contribution in [0.3, 0.4) is 0 Å². The molecule has 0 aliphatic carbocycles. The van der Waals surface area contributed by atoms with Crippen LogP contribution in [-0.2, 0) is 6.54 Å². The molecule has 29 heavy (non-hydrogen) atoms. The van der Waals surface area contributed by atoms with E-state index in [4.69, 9.17) is 4.74 Å². The van der Waals surface area contributed by atoms with E-state index in [0.29, 0.717) is 17.3 Å². The largest absolute Gasteiger partial charge is 0.504 e. The second-order valence-electron chi connectivity index (χ2n) is 6.63. The minimum Gasteiger partial charge on any atom is -0.504 e. The van der Waals surface area contributed by atoms with Gasteiger partial charge in [-0.2, -0.15) is 10.1 Å². The van der Waals surface area contributed by atoms with Gasteiger partial charge in [-0.3, -0.25) is 0 Å². The molecule has 0 atom stereocenters. The molecule has 2 aromatic carbocycles. The van der Waals surface area contributed by atoms with Crippen molar-refractivity contribution < 1.29 is 9.84 Å². The number of anilines is 1. The summed E-state index contributed by atoms with van der Waals surface area (Å²) in [5.41, 5.74) is 6.20. The number of hydrogen-bond donors (Lipinski definition) is 2. The number of hydrogen-bond acceptors (Lipinski definition) is 7. The molecule has 0 spiro atoms. The molecule has 4 rings (SSSR count). The van der Waals surface area contributed by atoms with Crippen LogP contribution in [0.1, 0.15) is 25.3 Å². The Labute approximate surface area is 167 Å². The van der Waals surface area contributed by atoms with Gasteiger partial charge in [0.1, 0.15) is 5.52 Å². The lowest BCUT2D eigenvalue weighted by Gasteiger charge is -2.05. The predicted molar refractivity (Wildman–Crippen MR) is 114 cm³/mol. The average molecular weight is 390 g/mol. The van der Waals surface area contributed by atoms with E-state index in [9.17, 15) is 5.11 Å². The second-order valence-corrected chi connectivity index (χ2v) is 6.63. The first-order chi connectivity index (χ1) is 14.2. The number of rotatable bonds is 7. The second kappa shape index (κ2) is 8.14. The summed E-state index contributed by atoms with van der Waals surface area (Å²) in [5, 5.41) is 23.6. The number of aryl methyl sites for hydroxylation is 1. The summed E-state index contributed by atoms with van der Waals surface area (Å²) >= 11 is 0.